The predicted octanol–water partition coefficient (Wildman–Crippen LogP) is 1.59. The first kappa shape index (κ1) is 11.1. The molecule has 1 N–H and O–H groups in total. The number of nitrogens with zero attached hydrogens (tertiary/aromatic N) is 4. The Balaban J connectivity index is 2.05. The first-order chi connectivity index (χ1) is 9.84. The van der Waals surface area contributed by atoms with Crippen molar-refractivity contribution in [1.82, 2.24) is 20.0 Å². The number of nitrogens with one attached hydrogen (secondary N) is 1. The fourth-order valence-corrected chi connectivity index (χ4v) is 2.44. The Morgan fingerprint density at radius 3 is 2.95 bits per heavy atom. The van der Waals surface area contributed by atoms with Crippen LogP contribution in [0.4, 0.5) is 0 Å². The maximum Gasteiger partial charge on any atom is 0.299 e. The highest BCUT2D eigenvalue weighted by Crippen LogP contribution is 2.19. The molecule has 6 heteroatoms. The smallest absolute Gasteiger partial charge is 0.293 e. The molecule has 1 aliphatic rings. The van der Waals surface area contributed by atoms with E-state index in [4.69, 9.17) is 0 Å². The zero-order valence-electron chi connectivity index (χ0n) is 10.6. The molecular formula is C14H11N5O. The molecule has 0 saturated heterocycles. The lowest BCUT2D eigenvalue weighted by Gasteiger charge is -2.07. The summed E-state index contributed by atoms with van der Waals surface area (Å²) in [6.07, 6.45) is 4.39. The van der Waals surface area contributed by atoms with Gasteiger partial charge in [-0.2, -0.15) is 0 Å². The topological polar surface area (TPSA) is 75.9 Å². The van der Waals surface area contributed by atoms with Crippen LogP contribution in [0, 0.1) is 0 Å². The minimum absolute atomic E-state index is 0.167. The van der Waals surface area contributed by atoms with E-state index in [-0.39, 0.29) is 5.56 Å². The Kier molecular flexibility index (Phi) is 2.29. The molecule has 0 atom stereocenters. The van der Waals surface area contributed by atoms with E-state index in [0.29, 0.717) is 18.5 Å². The third-order valence-electron chi connectivity index (χ3n) is 3.45. The lowest BCUT2D eigenvalue weighted by molar-refractivity contribution is 0.860. The van der Waals surface area contributed by atoms with E-state index in [0.717, 1.165) is 22.1 Å². The van der Waals surface area contributed by atoms with Crippen LogP contribution in [0.1, 0.15) is 6.42 Å². The normalized spacial score (nSPS) is 14.9. The number of allylic oxidation sites excluding steroid dienone is 1. The number of aromatic amines is 1. The summed E-state index contributed by atoms with van der Waals surface area (Å²) in [5, 5.41) is 12.2. The van der Waals surface area contributed by atoms with Crippen molar-refractivity contribution in [2.24, 2.45) is 4.99 Å². The summed E-state index contributed by atoms with van der Waals surface area (Å²) < 4.78 is 1.54. The van der Waals surface area contributed by atoms with Crippen LogP contribution in [0.25, 0.3) is 27.6 Å². The van der Waals surface area contributed by atoms with E-state index < -0.39 is 0 Å². The van der Waals surface area contributed by atoms with Gasteiger partial charge >= 0.3 is 0 Å². The van der Waals surface area contributed by atoms with Gasteiger partial charge in [0.05, 0.1) is 17.6 Å². The van der Waals surface area contributed by atoms with Crippen LogP contribution >= 0.6 is 0 Å². The molecule has 0 aliphatic carbocycles. The molecular weight excluding hydrogens is 254 g/mol. The van der Waals surface area contributed by atoms with Gasteiger partial charge in [0.1, 0.15) is 0 Å². The van der Waals surface area contributed by atoms with E-state index in [2.05, 4.69) is 20.3 Å². The van der Waals surface area contributed by atoms with Crippen LogP contribution in [-0.2, 0) is 0 Å². The van der Waals surface area contributed by atoms with Crippen LogP contribution in [0.5, 0.6) is 0 Å². The number of dihydropyridines is 1. The molecule has 4 rings (SSSR count). The molecule has 0 bridgehead atoms. The van der Waals surface area contributed by atoms with Crippen LogP contribution in [0.2, 0.25) is 0 Å². The minimum atomic E-state index is -0.167. The summed E-state index contributed by atoms with van der Waals surface area (Å²) in [6.45, 7) is 0.601. The van der Waals surface area contributed by atoms with Crippen molar-refractivity contribution in [3.63, 3.8) is 0 Å². The van der Waals surface area contributed by atoms with Gasteiger partial charge in [-0.1, -0.05) is 18.2 Å². The summed E-state index contributed by atoms with van der Waals surface area (Å²) >= 11 is 0. The third kappa shape index (κ3) is 1.51. The van der Waals surface area contributed by atoms with Crippen molar-refractivity contribution in [3.05, 3.63) is 40.7 Å². The number of hydrogen-bond acceptors (Lipinski definition) is 4. The number of hydrogen-bond donors (Lipinski definition) is 1. The molecule has 20 heavy (non-hydrogen) atoms. The summed E-state index contributed by atoms with van der Waals surface area (Å²) in [6, 6.07) is 7.64. The first-order valence-corrected chi connectivity index (χ1v) is 6.38. The van der Waals surface area contributed by atoms with Crippen molar-refractivity contribution < 1.29 is 0 Å². The molecule has 0 spiro atoms. The van der Waals surface area contributed by atoms with Gasteiger partial charge in [-0.3, -0.25) is 14.9 Å². The molecule has 0 radical (unpaired) electrons. The largest absolute Gasteiger partial charge is 0.299 e. The van der Waals surface area contributed by atoms with E-state index in [1.807, 2.05) is 36.6 Å². The summed E-state index contributed by atoms with van der Waals surface area (Å²) in [7, 11) is 0. The SMILES string of the molecule is O=c1c2nnc3ccccc3c2[nH]n1C1=CCN=CC1. The van der Waals surface area contributed by atoms with Gasteiger partial charge in [0.15, 0.2) is 5.52 Å². The highest BCUT2D eigenvalue weighted by atomic mass is 16.1. The quantitative estimate of drug-likeness (QED) is 0.726. The number of benzene rings is 1. The van der Waals surface area contributed by atoms with Crippen molar-refractivity contribution in [1.29, 1.82) is 0 Å². The zero-order valence-corrected chi connectivity index (χ0v) is 10.6. The fourth-order valence-electron chi connectivity index (χ4n) is 2.44. The number of rotatable bonds is 1. The van der Waals surface area contributed by atoms with Crippen molar-refractivity contribution in [2.75, 3.05) is 6.54 Å². The Morgan fingerprint density at radius 2 is 2.10 bits per heavy atom. The lowest BCUT2D eigenvalue weighted by atomic mass is 10.2. The van der Waals surface area contributed by atoms with Crippen LogP contribution in [-0.4, -0.2) is 32.7 Å². The molecule has 3 heterocycles. The monoisotopic (exact) mass is 265 g/mol. The molecule has 1 aliphatic heterocycles. The number of aromatic nitrogens is 4. The molecule has 98 valence electrons. The highest BCUT2D eigenvalue weighted by molar-refractivity contribution is 6.00. The molecule has 0 amide bonds. The standard InChI is InChI=1S/C14H11N5O/c20-14-13-12(10-3-1-2-4-11(10)16-17-13)18-19(14)9-5-7-15-8-6-9/h1-5,8,18H,6-7H2. The second kappa shape index (κ2) is 4.12. The van der Waals surface area contributed by atoms with Gasteiger partial charge in [0.2, 0.25) is 0 Å². The van der Waals surface area contributed by atoms with Crippen LogP contribution in [0.3, 0.4) is 0 Å². The second-order valence-electron chi connectivity index (χ2n) is 4.64. The molecule has 0 saturated carbocycles. The Bertz CT molecular complexity index is 932. The average molecular weight is 265 g/mol. The lowest BCUT2D eigenvalue weighted by Crippen LogP contribution is -2.18. The van der Waals surface area contributed by atoms with Gasteiger partial charge in [0.25, 0.3) is 5.56 Å². The molecule has 3 aromatic rings. The summed E-state index contributed by atoms with van der Waals surface area (Å²) in [5.74, 6) is 0. The van der Waals surface area contributed by atoms with Crippen LogP contribution < -0.4 is 5.56 Å². The molecule has 0 unspecified atom stereocenters. The molecule has 1 aromatic carbocycles. The minimum Gasteiger partial charge on any atom is -0.293 e. The Hall–Kier alpha value is -2.76. The number of H-pyrrole nitrogens is 1. The second-order valence-corrected chi connectivity index (χ2v) is 4.64. The molecule has 0 fully saturated rings. The van der Waals surface area contributed by atoms with Crippen molar-refractivity contribution in [3.8, 4) is 0 Å². The fraction of sp³-hybridized carbons (Fsp3) is 0.143. The molecule has 6 nitrogen and oxygen atoms in total. The predicted molar refractivity (Wildman–Crippen MR) is 77.9 cm³/mol. The van der Waals surface area contributed by atoms with E-state index in [1.165, 1.54) is 4.68 Å². The maximum absolute atomic E-state index is 12.4. The summed E-state index contributed by atoms with van der Waals surface area (Å²) in [5.41, 5.74) is 2.59. The zero-order chi connectivity index (χ0) is 13.5. The first-order valence-electron chi connectivity index (χ1n) is 6.38. The molecule has 2 aromatic heterocycles. The number of fused-ring (bicyclic) bond motifs is 3. The summed E-state index contributed by atoms with van der Waals surface area (Å²) in [4.78, 5) is 16.5. The Morgan fingerprint density at radius 1 is 1.20 bits per heavy atom. The van der Waals surface area contributed by atoms with Gasteiger partial charge in [0, 0.05) is 23.7 Å². The van der Waals surface area contributed by atoms with E-state index >= 15 is 0 Å². The number of aliphatic imine (C=N–C) groups is 1. The van der Waals surface area contributed by atoms with Gasteiger partial charge < -0.3 is 0 Å². The van der Waals surface area contributed by atoms with Crippen molar-refractivity contribution >= 4 is 33.8 Å². The Labute approximate surface area is 113 Å². The highest BCUT2D eigenvalue weighted by Gasteiger charge is 2.14. The maximum atomic E-state index is 12.4. The average Bonchev–Trinajstić information content (AvgIpc) is 2.86. The van der Waals surface area contributed by atoms with E-state index in [1.54, 1.807) is 0 Å². The van der Waals surface area contributed by atoms with E-state index in [9.17, 15) is 4.79 Å². The third-order valence-corrected chi connectivity index (χ3v) is 3.45. The van der Waals surface area contributed by atoms with Gasteiger partial charge in [-0.05, 0) is 12.1 Å². The van der Waals surface area contributed by atoms with Gasteiger partial charge in [-0.15, -0.1) is 10.2 Å². The van der Waals surface area contributed by atoms with Crippen LogP contribution in [0.15, 0.2) is 40.1 Å². The van der Waals surface area contributed by atoms with Crippen molar-refractivity contribution in [2.45, 2.75) is 6.42 Å². The van der Waals surface area contributed by atoms with Gasteiger partial charge in [-0.25, -0.2) is 4.68 Å².